The fourth-order valence-corrected chi connectivity index (χ4v) is 3.74. The van der Waals surface area contributed by atoms with E-state index in [1.807, 2.05) is 30.3 Å². The van der Waals surface area contributed by atoms with Crippen LogP contribution in [0, 0.1) is 13.8 Å². The zero-order chi connectivity index (χ0) is 24.9. The molecule has 1 heterocycles. The fourth-order valence-electron chi connectivity index (χ4n) is 3.74. The van der Waals surface area contributed by atoms with E-state index in [1.165, 1.54) is 15.8 Å². The van der Waals surface area contributed by atoms with Crippen molar-refractivity contribution in [3.8, 4) is 5.75 Å². The largest absolute Gasteiger partial charge is 0.476 e. The highest BCUT2D eigenvalue weighted by Gasteiger charge is 2.31. The first-order valence-corrected chi connectivity index (χ1v) is 11.7. The highest BCUT2D eigenvalue weighted by molar-refractivity contribution is 5.79. The molecule has 0 aliphatic carbocycles. The number of aryl methyl sites for hydroxylation is 4. The predicted octanol–water partition coefficient (Wildman–Crippen LogP) is 4.14. The molecule has 0 amide bonds. The number of carbonyl (C=O) groups is 1. The van der Waals surface area contributed by atoms with Crippen LogP contribution in [0.25, 0.3) is 0 Å². The van der Waals surface area contributed by atoms with Gasteiger partial charge in [-0.3, -0.25) is 4.57 Å². The van der Waals surface area contributed by atoms with Crippen LogP contribution in [0.3, 0.4) is 0 Å². The minimum atomic E-state index is -1.04. The van der Waals surface area contributed by atoms with E-state index < -0.39 is 5.60 Å². The summed E-state index contributed by atoms with van der Waals surface area (Å²) in [6.45, 7) is 10.1. The molecular weight excluding hydrogens is 430 g/mol. The number of ether oxygens (including phenoxy) is 2. The SMILES string of the molecule is CCOC(=O)C(C)(C)Oc1ccc(CCCc2nn(Cc3ccc(C)c(C)c3)c(=O)n2C)cc1. The molecular formula is C27H35N3O4. The molecule has 0 aliphatic rings. The number of hydrogen-bond acceptors (Lipinski definition) is 5. The molecule has 3 aromatic rings. The van der Waals surface area contributed by atoms with Gasteiger partial charge < -0.3 is 9.47 Å². The van der Waals surface area contributed by atoms with Crippen molar-refractivity contribution in [2.75, 3.05) is 6.61 Å². The van der Waals surface area contributed by atoms with Gasteiger partial charge in [0.1, 0.15) is 11.6 Å². The molecule has 34 heavy (non-hydrogen) atoms. The predicted molar refractivity (Wildman–Crippen MR) is 132 cm³/mol. The molecule has 0 saturated carbocycles. The van der Waals surface area contributed by atoms with Gasteiger partial charge in [0, 0.05) is 13.5 Å². The standard InChI is InChI=1S/C27H35N3O4/c1-7-33-25(31)27(4,5)34-23-15-13-21(14-16-23)9-8-10-24-28-30(26(32)29(24)6)18-22-12-11-19(2)20(3)17-22/h11-17H,7-10,18H2,1-6H3. The first-order valence-electron chi connectivity index (χ1n) is 11.7. The molecule has 0 saturated heterocycles. The Morgan fingerprint density at radius 1 is 1.00 bits per heavy atom. The molecule has 0 spiro atoms. The molecule has 182 valence electrons. The lowest BCUT2D eigenvalue weighted by molar-refractivity contribution is -0.158. The van der Waals surface area contributed by atoms with Gasteiger partial charge in [-0.2, -0.15) is 5.10 Å². The Morgan fingerprint density at radius 2 is 1.68 bits per heavy atom. The summed E-state index contributed by atoms with van der Waals surface area (Å²) in [4.78, 5) is 24.7. The zero-order valence-corrected chi connectivity index (χ0v) is 21.1. The van der Waals surface area contributed by atoms with E-state index in [0.29, 0.717) is 25.3 Å². The van der Waals surface area contributed by atoms with Gasteiger partial charge in [0.25, 0.3) is 0 Å². The third-order valence-corrected chi connectivity index (χ3v) is 5.96. The molecule has 0 bridgehead atoms. The molecule has 1 aromatic heterocycles. The van der Waals surface area contributed by atoms with E-state index >= 15 is 0 Å². The number of aromatic nitrogens is 3. The molecule has 3 rings (SSSR count). The zero-order valence-electron chi connectivity index (χ0n) is 21.1. The van der Waals surface area contributed by atoms with Crippen LogP contribution < -0.4 is 10.4 Å². The van der Waals surface area contributed by atoms with Crippen molar-refractivity contribution in [2.24, 2.45) is 7.05 Å². The van der Waals surface area contributed by atoms with Crippen molar-refractivity contribution in [1.29, 1.82) is 0 Å². The molecule has 7 nitrogen and oxygen atoms in total. The Hall–Kier alpha value is -3.35. The van der Waals surface area contributed by atoms with E-state index in [1.54, 1.807) is 32.4 Å². The molecule has 0 N–H and O–H groups in total. The van der Waals surface area contributed by atoms with Crippen LogP contribution in [0.2, 0.25) is 0 Å². The van der Waals surface area contributed by atoms with Gasteiger partial charge in [-0.05, 0) is 81.8 Å². The summed E-state index contributed by atoms with van der Waals surface area (Å²) < 4.78 is 14.1. The number of rotatable bonds is 10. The summed E-state index contributed by atoms with van der Waals surface area (Å²) in [5, 5.41) is 4.58. The second-order valence-electron chi connectivity index (χ2n) is 9.16. The molecule has 2 aromatic carbocycles. The second kappa shape index (κ2) is 10.7. The third kappa shape index (κ3) is 6.16. The van der Waals surface area contributed by atoms with Crippen molar-refractivity contribution in [1.82, 2.24) is 14.3 Å². The first kappa shape index (κ1) is 25.3. The van der Waals surface area contributed by atoms with E-state index in [2.05, 4.69) is 31.1 Å². The molecule has 0 unspecified atom stereocenters. The quantitative estimate of drug-likeness (QED) is 0.421. The van der Waals surface area contributed by atoms with Gasteiger partial charge in [-0.1, -0.05) is 30.3 Å². The third-order valence-electron chi connectivity index (χ3n) is 5.96. The van der Waals surface area contributed by atoms with Crippen molar-refractivity contribution < 1.29 is 14.3 Å². The Bertz CT molecular complexity index is 1190. The summed E-state index contributed by atoms with van der Waals surface area (Å²) in [5.74, 6) is 1.01. The van der Waals surface area contributed by atoms with Crippen LogP contribution in [0.15, 0.2) is 47.3 Å². The number of hydrogen-bond donors (Lipinski definition) is 0. The second-order valence-corrected chi connectivity index (χ2v) is 9.16. The fraction of sp³-hybridized carbons (Fsp3) is 0.444. The Kier molecular flexibility index (Phi) is 7.97. The lowest BCUT2D eigenvalue weighted by atomic mass is 10.1. The van der Waals surface area contributed by atoms with Crippen LogP contribution in [0.4, 0.5) is 0 Å². The van der Waals surface area contributed by atoms with E-state index in [4.69, 9.17) is 9.47 Å². The lowest BCUT2D eigenvalue weighted by Crippen LogP contribution is -2.39. The maximum Gasteiger partial charge on any atom is 0.349 e. The number of carbonyl (C=O) groups excluding carboxylic acids is 1. The summed E-state index contributed by atoms with van der Waals surface area (Å²) in [7, 11) is 1.78. The molecule has 7 heteroatoms. The Morgan fingerprint density at radius 3 is 2.32 bits per heavy atom. The van der Waals surface area contributed by atoms with Gasteiger partial charge in [-0.15, -0.1) is 0 Å². The molecule has 0 fully saturated rings. The maximum absolute atomic E-state index is 12.6. The van der Waals surface area contributed by atoms with E-state index in [0.717, 1.165) is 29.8 Å². The van der Waals surface area contributed by atoms with Crippen molar-refractivity contribution in [3.05, 3.63) is 81.0 Å². The average Bonchev–Trinajstić information content (AvgIpc) is 3.05. The van der Waals surface area contributed by atoms with Crippen molar-refractivity contribution >= 4 is 5.97 Å². The minimum absolute atomic E-state index is 0.0982. The van der Waals surface area contributed by atoms with Crippen LogP contribution >= 0.6 is 0 Å². The van der Waals surface area contributed by atoms with Gasteiger partial charge >= 0.3 is 11.7 Å². The summed E-state index contributed by atoms with van der Waals surface area (Å²) in [6.07, 6.45) is 2.42. The number of benzene rings is 2. The summed E-state index contributed by atoms with van der Waals surface area (Å²) in [6, 6.07) is 14.0. The topological polar surface area (TPSA) is 75.3 Å². The highest BCUT2D eigenvalue weighted by atomic mass is 16.6. The smallest absolute Gasteiger partial charge is 0.349 e. The van der Waals surface area contributed by atoms with Gasteiger partial charge in [0.15, 0.2) is 5.60 Å². The van der Waals surface area contributed by atoms with Gasteiger partial charge in [0.05, 0.1) is 13.2 Å². The van der Waals surface area contributed by atoms with E-state index in [-0.39, 0.29) is 11.7 Å². The normalized spacial score (nSPS) is 11.5. The summed E-state index contributed by atoms with van der Waals surface area (Å²) in [5.41, 5.74) is 3.53. The van der Waals surface area contributed by atoms with Crippen LogP contribution in [-0.4, -0.2) is 32.5 Å². The van der Waals surface area contributed by atoms with E-state index in [9.17, 15) is 9.59 Å². The molecule has 0 radical (unpaired) electrons. The van der Waals surface area contributed by atoms with Gasteiger partial charge in [0.2, 0.25) is 0 Å². The minimum Gasteiger partial charge on any atom is -0.476 e. The average molecular weight is 466 g/mol. The Labute approximate surface area is 201 Å². The highest BCUT2D eigenvalue weighted by Crippen LogP contribution is 2.21. The lowest BCUT2D eigenvalue weighted by Gasteiger charge is -2.24. The number of esters is 1. The van der Waals surface area contributed by atoms with Crippen LogP contribution in [0.5, 0.6) is 5.75 Å². The molecule has 0 aliphatic heterocycles. The summed E-state index contributed by atoms with van der Waals surface area (Å²) >= 11 is 0. The van der Waals surface area contributed by atoms with Gasteiger partial charge in [-0.25, -0.2) is 14.3 Å². The number of nitrogens with zero attached hydrogens (tertiary/aromatic N) is 3. The maximum atomic E-state index is 12.6. The monoisotopic (exact) mass is 465 g/mol. The van der Waals surface area contributed by atoms with Crippen LogP contribution in [0.1, 0.15) is 55.3 Å². The van der Waals surface area contributed by atoms with Crippen molar-refractivity contribution in [3.63, 3.8) is 0 Å². The Balaban J connectivity index is 1.57. The van der Waals surface area contributed by atoms with Crippen molar-refractivity contribution in [2.45, 2.75) is 66.0 Å². The molecule has 0 atom stereocenters. The first-order chi connectivity index (χ1) is 16.1. The van der Waals surface area contributed by atoms with Crippen LogP contribution in [-0.2, 0) is 36.0 Å².